The highest BCUT2D eigenvalue weighted by molar-refractivity contribution is 7.89. The molecule has 0 radical (unpaired) electrons. The number of aromatic nitrogens is 1. The Kier molecular flexibility index (Phi) is 3.76. The standard InChI is InChI=1S/C8H16N4O2S2/c1-5-12(4)8-6(7(9)10-15-8)16(13,14)11(2)3/h5H2,1-4H3,(H2,9,10). The molecular formula is C8H16N4O2S2. The van der Waals surface area contributed by atoms with E-state index in [4.69, 9.17) is 5.73 Å². The maximum atomic E-state index is 12.0. The fourth-order valence-electron chi connectivity index (χ4n) is 1.10. The molecule has 0 spiro atoms. The van der Waals surface area contributed by atoms with E-state index in [9.17, 15) is 8.42 Å². The molecular weight excluding hydrogens is 248 g/mol. The van der Waals surface area contributed by atoms with E-state index in [1.807, 2.05) is 18.9 Å². The van der Waals surface area contributed by atoms with Gasteiger partial charge in [-0.25, -0.2) is 12.7 Å². The molecule has 0 atom stereocenters. The average molecular weight is 264 g/mol. The van der Waals surface area contributed by atoms with Crippen LogP contribution in [0.2, 0.25) is 0 Å². The molecule has 0 saturated carbocycles. The van der Waals surface area contributed by atoms with Crippen molar-refractivity contribution < 1.29 is 8.42 Å². The van der Waals surface area contributed by atoms with E-state index in [1.165, 1.54) is 14.1 Å². The van der Waals surface area contributed by atoms with Crippen LogP contribution in [0.3, 0.4) is 0 Å². The molecule has 1 heterocycles. The van der Waals surface area contributed by atoms with Crippen LogP contribution in [-0.2, 0) is 10.0 Å². The van der Waals surface area contributed by atoms with Gasteiger partial charge in [0, 0.05) is 27.7 Å². The maximum absolute atomic E-state index is 12.0. The maximum Gasteiger partial charge on any atom is 0.249 e. The first-order valence-corrected chi connectivity index (χ1v) is 6.92. The molecule has 0 saturated heterocycles. The summed E-state index contributed by atoms with van der Waals surface area (Å²) >= 11 is 1.10. The van der Waals surface area contributed by atoms with Crippen LogP contribution >= 0.6 is 11.5 Å². The second kappa shape index (κ2) is 4.56. The smallest absolute Gasteiger partial charge is 0.249 e. The number of nitrogens with two attached hydrogens (primary N) is 1. The Morgan fingerprint density at radius 1 is 1.38 bits per heavy atom. The Hall–Kier alpha value is -0.860. The molecule has 8 heteroatoms. The van der Waals surface area contributed by atoms with E-state index in [0.29, 0.717) is 11.5 Å². The van der Waals surface area contributed by atoms with Gasteiger partial charge in [0.25, 0.3) is 0 Å². The summed E-state index contributed by atoms with van der Waals surface area (Å²) in [4.78, 5) is 1.91. The SMILES string of the molecule is CCN(C)c1snc(N)c1S(=O)(=O)N(C)C. The van der Waals surface area contributed by atoms with Gasteiger partial charge >= 0.3 is 0 Å². The minimum Gasteiger partial charge on any atom is -0.382 e. The van der Waals surface area contributed by atoms with Crippen molar-refractivity contribution in [3.05, 3.63) is 0 Å². The van der Waals surface area contributed by atoms with Crippen LogP contribution in [0.25, 0.3) is 0 Å². The van der Waals surface area contributed by atoms with Gasteiger partial charge in [-0.3, -0.25) is 0 Å². The molecule has 0 aliphatic carbocycles. The molecule has 92 valence electrons. The van der Waals surface area contributed by atoms with Crippen LogP contribution in [0.1, 0.15) is 6.92 Å². The van der Waals surface area contributed by atoms with Crippen LogP contribution in [0.5, 0.6) is 0 Å². The van der Waals surface area contributed by atoms with Crippen LogP contribution in [-0.4, -0.2) is 44.8 Å². The summed E-state index contributed by atoms with van der Waals surface area (Å²) in [6.07, 6.45) is 0. The fraction of sp³-hybridized carbons (Fsp3) is 0.625. The molecule has 0 aliphatic rings. The lowest BCUT2D eigenvalue weighted by Crippen LogP contribution is -2.25. The van der Waals surface area contributed by atoms with E-state index in [1.54, 1.807) is 0 Å². The summed E-state index contributed by atoms with van der Waals surface area (Å²) < 4.78 is 29.1. The van der Waals surface area contributed by atoms with Crippen LogP contribution in [0, 0.1) is 0 Å². The van der Waals surface area contributed by atoms with Crippen molar-refractivity contribution in [1.29, 1.82) is 0 Å². The van der Waals surface area contributed by atoms with Crippen LogP contribution < -0.4 is 10.6 Å². The van der Waals surface area contributed by atoms with Crippen LogP contribution in [0.4, 0.5) is 10.8 Å². The van der Waals surface area contributed by atoms with E-state index < -0.39 is 10.0 Å². The van der Waals surface area contributed by atoms with Gasteiger partial charge in [-0.15, -0.1) is 0 Å². The van der Waals surface area contributed by atoms with Gasteiger partial charge in [-0.2, -0.15) is 4.37 Å². The number of hydrogen-bond donors (Lipinski definition) is 1. The summed E-state index contributed by atoms with van der Waals surface area (Å²) in [5.74, 6) is 0.0639. The predicted octanol–water partition coefficient (Wildman–Crippen LogP) is 0.432. The third-order valence-electron chi connectivity index (χ3n) is 2.22. The van der Waals surface area contributed by atoms with Crippen molar-refractivity contribution in [2.75, 3.05) is 38.3 Å². The molecule has 0 aliphatic heterocycles. The summed E-state index contributed by atoms with van der Waals surface area (Å²) in [7, 11) is 1.22. The zero-order chi connectivity index (χ0) is 12.5. The van der Waals surface area contributed by atoms with E-state index in [0.717, 1.165) is 15.8 Å². The lowest BCUT2D eigenvalue weighted by atomic mass is 10.5. The van der Waals surface area contributed by atoms with Gasteiger partial charge in [0.2, 0.25) is 10.0 Å². The second-order valence-corrected chi connectivity index (χ2v) is 6.34. The Morgan fingerprint density at radius 2 is 1.94 bits per heavy atom. The fourth-order valence-corrected chi connectivity index (χ4v) is 3.37. The number of anilines is 2. The molecule has 0 amide bonds. The first-order chi connectivity index (χ1) is 7.32. The molecule has 1 aromatic rings. The molecule has 0 unspecified atom stereocenters. The Balaban J connectivity index is 3.39. The van der Waals surface area contributed by atoms with E-state index >= 15 is 0 Å². The molecule has 0 fully saturated rings. The Morgan fingerprint density at radius 3 is 2.38 bits per heavy atom. The molecule has 6 nitrogen and oxygen atoms in total. The zero-order valence-corrected chi connectivity index (χ0v) is 11.4. The molecule has 1 rings (SSSR count). The summed E-state index contributed by atoms with van der Waals surface area (Å²) in [6, 6.07) is 0. The van der Waals surface area contributed by atoms with Gasteiger partial charge in [-0.05, 0) is 18.5 Å². The number of nitrogens with zero attached hydrogens (tertiary/aromatic N) is 3. The minimum absolute atomic E-state index is 0.0639. The molecule has 0 aromatic carbocycles. The highest BCUT2D eigenvalue weighted by Crippen LogP contribution is 2.34. The second-order valence-electron chi connectivity index (χ2n) is 3.50. The third-order valence-corrected chi connectivity index (χ3v) is 5.20. The van der Waals surface area contributed by atoms with Gasteiger partial charge in [-0.1, -0.05) is 0 Å². The number of rotatable bonds is 4. The lowest BCUT2D eigenvalue weighted by molar-refractivity contribution is 0.521. The number of sulfonamides is 1. The lowest BCUT2D eigenvalue weighted by Gasteiger charge is -2.18. The normalized spacial score (nSPS) is 12.1. The monoisotopic (exact) mass is 264 g/mol. The third kappa shape index (κ3) is 2.13. The molecule has 2 N–H and O–H groups in total. The summed E-state index contributed by atoms with van der Waals surface area (Å²) in [5, 5.41) is 0.578. The predicted molar refractivity (Wildman–Crippen MR) is 66.3 cm³/mol. The number of nitrogen functional groups attached to an aromatic ring is 1. The molecule has 0 bridgehead atoms. The minimum atomic E-state index is -3.54. The first kappa shape index (κ1) is 13.2. The van der Waals surface area contributed by atoms with Crippen molar-refractivity contribution >= 4 is 32.4 Å². The van der Waals surface area contributed by atoms with Crippen molar-refractivity contribution in [3.63, 3.8) is 0 Å². The van der Waals surface area contributed by atoms with Crippen molar-refractivity contribution in [3.8, 4) is 0 Å². The van der Waals surface area contributed by atoms with Crippen LogP contribution in [0.15, 0.2) is 4.90 Å². The van der Waals surface area contributed by atoms with Crippen molar-refractivity contribution in [1.82, 2.24) is 8.68 Å². The summed E-state index contributed by atoms with van der Waals surface area (Å²) in [6.45, 7) is 2.62. The molecule has 1 aromatic heterocycles. The molecule has 16 heavy (non-hydrogen) atoms. The highest BCUT2D eigenvalue weighted by atomic mass is 32.2. The Bertz CT molecular complexity index is 466. The van der Waals surface area contributed by atoms with Gasteiger partial charge in [0.1, 0.15) is 5.00 Å². The van der Waals surface area contributed by atoms with E-state index in [2.05, 4.69) is 4.37 Å². The number of hydrogen-bond acceptors (Lipinski definition) is 6. The average Bonchev–Trinajstić information content (AvgIpc) is 2.59. The van der Waals surface area contributed by atoms with Gasteiger partial charge in [0.05, 0.1) is 0 Å². The van der Waals surface area contributed by atoms with Crippen molar-refractivity contribution in [2.45, 2.75) is 11.8 Å². The summed E-state index contributed by atoms with van der Waals surface area (Å²) in [5.41, 5.74) is 5.62. The quantitative estimate of drug-likeness (QED) is 0.853. The highest BCUT2D eigenvalue weighted by Gasteiger charge is 2.28. The topological polar surface area (TPSA) is 79.5 Å². The Labute approximate surface area is 99.9 Å². The van der Waals surface area contributed by atoms with Crippen molar-refractivity contribution in [2.24, 2.45) is 0 Å². The van der Waals surface area contributed by atoms with E-state index in [-0.39, 0.29) is 10.7 Å². The first-order valence-electron chi connectivity index (χ1n) is 4.71. The largest absolute Gasteiger partial charge is 0.382 e. The van der Waals surface area contributed by atoms with Gasteiger partial charge in [0.15, 0.2) is 10.7 Å². The zero-order valence-electron chi connectivity index (χ0n) is 9.76. The van der Waals surface area contributed by atoms with Gasteiger partial charge < -0.3 is 10.6 Å².